The number of hydrogen-bond donors (Lipinski definition) is 1. The van der Waals surface area contributed by atoms with E-state index in [-0.39, 0.29) is 0 Å². The Morgan fingerprint density at radius 1 is 1.12 bits per heavy atom. The molecular formula is C14H23NOS. The van der Waals surface area contributed by atoms with Crippen LogP contribution in [0.15, 0.2) is 18.2 Å². The molecule has 0 bridgehead atoms. The average Bonchev–Trinajstić information content (AvgIpc) is 2.23. The zero-order valence-electron chi connectivity index (χ0n) is 11.1. The Morgan fingerprint density at radius 2 is 1.76 bits per heavy atom. The molecule has 2 nitrogen and oxygen atoms in total. The van der Waals surface area contributed by atoms with Gasteiger partial charge in [0.05, 0.1) is 0 Å². The second-order valence-electron chi connectivity index (χ2n) is 4.53. The molecule has 0 aliphatic carbocycles. The molecule has 3 heteroatoms. The quantitative estimate of drug-likeness (QED) is 0.757. The minimum atomic E-state index is -0.754. The van der Waals surface area contributed by atoms with Gasteiger partial charge in [0, 0.05) is 28.9 Å². The Morgan fingerprint density at radius 3 is 2.35 bits per heavy atom. The molecule has 0 saturated carbocycles. The molecule has 1 unspecified atom stereocenters. The first-order valence-electron chi connectivity index (χ1n) is 6.24. The third-order valence-electron chi connectivity index (χ3n) is 2.54. The van der Waals surface area contributed by atoms with Crippen LogP contribution in [0.4, 0.5) is 0 Å². The van der Waals surface area contributed by atoms with Crippen LogP contribution < -0.4 is 5.32 Å². The molecule has 1 N–H and O–H groups in total. The molecule has 0 radical (unpaired) electrons. The number of rotatable bonds is 7. The van der Waals surface area contributed by atoms with E-state index in [1.54, 1.807) is 0 Å². The van der Waals surface area contributed by atoms with Crippen molar-refractivity contribution in [2.75, 3.05) is 18.8 Å². The normalized spacial score (nSPS) is 12.6. The molecule has 0 heterocycles. The molecule has 1 rings (SSSR count). The van der Waals surface area contributed by atoms with E-state index in [4.69, 9.17) is 0 Å². The maximum Gasteiger partial charge on any atom is 0.0486 e. The van der Waals surface area contributed by atoms with Crippen LogP contribution in [0.25, 0.3) is 0 Å². The molecule has 1 aromatic rings. The third kappa shape index (κ3) is 5.99. The molecule has 1 atom stereocenters. The van der Waals surface area contributed by atoms with Crippen molar-refractivity contribution in [3.8, 4) is 0 Å². The lowest BCUT2D eigenvalue weighted by molar-refractivity contribution is 0.669. The van der Waals surface area contributed by atoms with Crippen molar-refractivity contribution in [2.45, 2.75) is 32.9 Å². The molecule has 96 valence electrons. The first kappa shape index (κ1) is 14.4. The Labute approximate surface area is 107 Å². The van der Waals surface area contributed by atoms with Crippen LogP contribution in [0.5, 0.6) is 0 Å². The van der Waals surface area contributed by atoms with Gasteiger partial charge in [0.1, 0.15) is 0 Å². The highest BCUT2D eigenvalue weighted by atomic mass is 32.2. The van der Waals surface area contributed by atoms with Crippen molar-refractivity contribution in [1.29, 1.82) is 0 Å². The minimum Gasteiger partial charge on any atom is -0.316 e. The summed E-state index contributed by atoms with van der Waals surface area (Å²) in [6.45, 7) is 8.18. The average molecular weight is 253 g/mol. The lowest BCUT2D eigenvalue weighted by atomic mass is 10.1. The second-order valence-corrected chi connectivity index (χ2v) is 6.11. The highest BCUT2D eigenvalue weighted by Gasteiger charge is 2.02. The van der Waals surface area contributed by atoms with Gasteiger partial charge in [-0.25, -0.2) is 0 Å². The Balaban J connectivity index is 2.39. The summed E-state index contributed by atoms with van der Waals surface area (Å²) >= 11 is 0. The lowest BCUT2D eigenvalue weighted by Gasteiger charge is -2.06. The topological polar surface area (TPSA) is 29.1 Å². The van der Waals surface area contributed by atoms with Crippen LogP contribution >= 0.6 is 0 Å². The summed E-state index contributed by atoms with van der Waals surface area (Å²) in [7, 11) is -0.754. The number of hydrogen-bond acceptors (Lipinski definition) is 2. The smallest absolute Gasteiger partial charge is 0.0486 e. The van der Waals surface area contributed by atoms with E-state index in [0.717, 1.165) is 25.3 Å². The molecule has 0 aliphatic heterocycles. The number of aryl methyl sites for hydroxylation is 2. The largest absolute Gasteiger partial charge is 0.316 e. The van der Waals surface area contributed by atoms with E-state index in [1.165, 1.54) is 16.7 Å². The summed E-state index contributed by atoms with van der Waals surface area (Å²) in [4.78, 5) is 0. The van der Waals surface area contributed by atoms with Crippen LogP contribution in [-0.2, 0) is 16.6 Å². The Bertz CT molecular complexity index is 356. The van der Waals surface area contributed by atoms with Crippen molar-refractivity contribution in [1.82, 2.24) is 5.32 Å². The molecule has 17 heavy (non-hydrogen) atoms. The van der Waals surface area contributed by atoms with Crippen molar-refractivity contribution in [3.63, 3.8) is 0 Å². The van der Waals surface area contributed by atoms with Gasteiger partial charge < -0.3 is 5.32 Å². The molecule has 1 aromatic carbocycles. The van der Waals surface area contributed by atoms with Crippen LogP contribution in [0.3, 0.4) is 0 Å². The van der Waals surface area contributed by atoms with Crippen LogP contribution in [0, 0.1) is 13.8 Å². The van der Waals surface area contributed by atoms with Crippen molar-refractivity contribution in [3.05, 3.63) is 34.9 Å². The fraction of sp³-hybridized carbons (Fsp3) is 0.571. The van der Waals surface area contributed by atoms with Gasteiger partial charge in [0.2, 0.25) is 0 Å². The number of benzene rings is 1. The highest BCUT2D eigenvalue weighted by molar-refractivity contribution is 7.84. The van der Waals surface area contributed by atoms with Crippen molar-refractivity contribution in [2.24, 2.45) is 0 Å². The van der Waals surface area contributed by atoms with Crippen molar-refractivity contribution < 1.29 is 4.21 Å². The zero-order chi connectivity index (χ0) is 12.7. The van der Waals surface area contributed by atoms with Gasteiger partial charge in [-0.05, 0) is 32.4 Å². The van der Waals surface area contributed by atoms with Crippen molar-refractivity contribution >= 4 is 10.8 Å². The Kier molecular flexibility index (Phi) is 6.45. The molecule has 0 aromatic heterocycles. The standard InChI is InChI=1S/C14H23NOS/c1-4-5-15-6-7-17(16)11-14-9-12(2)8-13(3)10-14/h8-10,15H,4-7,11H2,1-3H3. The molecule has 0 aliphatic rings. The summed E-state index contributed by atoms with van der Waals surface area (Å²) in [5.74, 6) is 1.42. The monoisotopic (exact) mass is 253 g/mol. The van der Waals surface area contributed by atoms with Crippen LogP contribution in [0.1, 0.15) is 30.0 Å². The first-order valence-corrected chi connectivity index (χ1v) is 7.73. The molecular weight excluding hydrogens is 230 g/mol. The summed E-state index contributed by atoms with van der Waals surface area (Å²) < 4.78 is 11.9. The van der Waals surface area contributed by atoms with E-state index >= 15 is 0 Å². The minimum absolute atomic E-state index is 0.677. The highest BCUT2D eigenvalue weighted by Crippen LogP contribution is 2.10. The number of nitrogens with one attached hydrogen (secondary N) is 1. The Hall–Kier alpha value is -0.670. The fourth-order valence-corrected chi connectivity index (χ4v) is 2.95. The second kappa shape index (κ2) is 7.62. The summed E-state index contributed by atoms with van der Waals surface area (Å²) in [6, 6.07) is 6.41. The van der Waals surface area contributed by atoms with Gasteiger partial charge >= 0.3 is 0 Å². The van der Waals surface area contributed by atoms with E-state index < -0.39 is 10.8 Å². The fourth-order valence-electron chi connectivity index (χ4n) is 1.90. The molecule has 0 saturated heterocycles. The van der Waals surface area contributed by atoms with Crippen LogP contribution in [0.2, 0.25) is 0 Å². The van der Waals surface area contributed by atoms with Gasteiger partial charge in [-0.15, -0.1) is 0 Å². The van der Waals surface area contributed by atoms with Gasteiger partial charge in [0.15, 0.2) is 0 Å². The van der Waals surface area contributed by atoms with E-state index in [9.17, 15) is 4.21 Å². The molecule has 0 fully saturated rings. The SMILES string of the molecule is CCCNCCS(=O)Cc1cc(C)cc(C)c1. The molecule has 0 spiro atoms. The maximum atomic E-state index is 11.9. The third-order valence-corrected chi connectivity index (χ3v) is 3.86. The predicted octanol–water partition coefficient (Wildman–Crippen LogP) is 2.55. The summed E-state index contributed by atoms with van der Waals surface area (Å²) in [6.07, 6.45) is 1.13. The van der Waals surface area contributed by atoms with Crippen LogP contribution in [-0.4, -0.2) is 23.1 Å². The van der Waals surface area contributed by atoms with E-state index in [2.05, 4.69) is 44.3 Å². The van der Waals surface area contributed by atoms with Gasteiger partial charge in [0.25, 0.3) is 0 Å². The van der Waals surface area contributed by atoms with E-state index in [0.29, 0.717) is 5.75 Å². The zero-order valence-corrected chi connectivity index (χ0v) is 11.9. The lowest BCUT2D eigenvalue weighted by Crippen LogP contribution is -2.21. The van der Waals surface area contributed by atoms with Gasteiger partial charge in [-0.1, -0.05) is 36.2 Å². The molecule has 0 amide bonds. The van der Waals surface area contributed by atoms with Gasteiger partial charge in [-0.2, -0.15) is 0 Å². The maximum absolute atomic E-state index is 11.9. The van der Waals surface area contributed by atoms with Gasteiger partial charge in [-0.3, -0.25) is 4.21 Å². The first-order chi connectivity index (χ1) is 8.11. The summed E-state index contributed by atoms with van der Waals surface area (Å²) in [5, 5.41) is 3.28. The van der Waals surface area contributed by atoms with E-state index in [1.807, 2.05) is 0 Å². The summed E-state index contributed by atoms with van der Waals surface area (Å²) in [5.41, 5.74) is 3.69. The predicted molar refractivity (Wildman–Crippen MR) is 75.8 cm³/mol.